The van der Waals surface area contributed by atoms with Gasteiger partial charge in [-0.3, -0.25) is 4.79 Å². The molecule has 0 unspecified atom stereocenters. The predicted octanol–water partition coefficient (Wildman–Crippen LogP) is 14.4. The van der Waals surface area contributed by atoms with Crippen LogP contribution in [-0.2, 0) is 9.16 Å². The van der Waals surface area contributed by atoms with E-state index < -0.39 is 8.32 Å². The Hall–Kier alpha value is -0.353. The molecule has 0 aromatic carbocycles. The summed E-state index contributed by atoms with van der Waals surface area (Å²) in [6.07, 6.45) is 43.8. The van der Waals surface area contributed by atoms with E-state index in [9.17, 15) is 4.79 Å². The molecule has 0 aromatic rings. The summed E-state index contributed by atoms with van der Waals surface area (Å²) in [6, 6.07) is 0. The lowest BCUT2D eigenvalue weighted by atomic mass is 10.0. The lowest BCUT2D eigenvalue weighted by Crippen LogP contribution is -2.42. The number of hydrogen-bond donors (Lipinski definition) is 0. The number of unbranched alkanes of at least 4 members (excludes halogenated alkanes) is 30. The Morgan fingerprint density at radius 1 is 0.372 bits per heavy atom. The number of rotatable bonds is 36. The Kier molecular flexibility index (Phi) is 34.2. The van der Waals surface area contributed by atoms with Gasteiger partial charge in [0.2, 0.25) is 0 Å². The van der Waals surface area contributed by atoms with E-state index in [2.05, 4.69) is 13.8 Å². The van der Waals surface area contributed by atoms with E-state index in [0.717, 1.165) is 12.8 Å². The quantitative estimate of drug-likeness (QED) is 0.0514. The number of carbonyl (C=O) groups is 1. The SMILES string of the molecule is CCCCCCCCCCCCCCCCCCOC(=O)[Si](C)(C)OCCCCCCCCCCCCCCCCCC. The topological polar surface area (TPSA) is 35.5 Å². The Balaban J connectivity index is 3.39. The van der Waals surface area contributed by atoms with Crippen molar-refractivity contribution in [2.75, 3.05) is 13.2 Å². The van der Waals surface area contributed by atoms with Gasteiger partial charge in [-0.15, -0.1) is 0 Å². The van der Waals surface area contributed by atoms with Crippen molar-refractivity contribution in [3.8, 4) is 0 Å². The second-order valence-electron chi connectivity index (χ2n) is 14.1. The van der Waals surface area contributed by atoms with Crippen LogP contribution >= 0.6 is 0 Å². The first-order chi connectivity index (χ1) is 21.0. The molecule has 0 atom stereocenters. The minimum atomic E-state index is -2.39. The molecule has 0 rings (SSSR count). The van der Waals surface area contributed by atoms with E-state index in [1.165, 1.54) is 193 Å². The summed E-state index contributed by atoms with van der Waals surface area (Å²) in [5.41, 5.74) is -0.0649. The first-order valence-electron chi connectivity index (χ1n) is 19.9. The highest BCUT2D eigenvalue weighted by atomic mass is 28.4. The van der Waals surface area contributed by atoms with Crippen molar-refractivity contribution >= 4 is 13.9 Å². The molecule has 4 heteroatoms. The van der Waals surface area contributed by atoms with E-state index in [1.807, 2.05) is 13.1 Å². The van der Waals surface area contributed by atoms with Crippen LogP contribution in [0.1, 0.15) is 219 Å². The van der Waals surface area contributed by atoms with Crippen molar-refractivity contribution < 1.29 is 14.0 Å². The van der Waals surface area contributed by atoms with Crippen LogP contribution in [0.5, 0.6) is 0 Å². The lowest BCUT2D eigenvalue weighted by molar-refractivity contribution is 0.158. The Morgan fingerprint density at radius 2 is 0.605 bits per heavy atom. The van der Waals surface area contributed by atoms with Gasteiger partial charge in [0.1, 0.15) is 0 Å². The lowest BCUT2D eigenvalue weighted by Gasteiger charge is -2.20. The van der Waals surface area contributed by atoms with Crippen molar-refractivity contribution in [2.45, 2.75) is 232 Å². The average molecular weight is 625 g/mol. The Morgan fingerprint density at radius 3 is 0.884 bits per heavy atom. The van der Waals surface area contributed by atoms with Gasteiger partial charge < -0.3 is 9.16 Å². The fourth-order valence-electron chi connectivity index (χ4n) is 6.03. The molecule has 0 heterocycles. The largest absolute Gasteiger partial charge is 0.468 e. The predicted molar refractivity (Wildman–Crippen MR) is 194 cm³/mol. The van der Waals surface area contributed by atoms with E-state index in [4.69, 9.17) is 9.16 Å². The molecule has 0 spiro atoms. The number of hydrogen-bond acceptors (Lipinski definition) is 3. The summed E-state index contributed by atoms with van der Waals surface area (Å²) in [7, 11) is -2.39. The van der Waals surface area contributed by atoms with Gasteiger partial charge in [-0.25, -0.2) is 0 Å². The summed E-state index contributed by atoms with van der Waals surface area (Å²) >= 11 is 0. The molecule has 0 aromatic heterocycles. The van der Waals surface area contributed by atoms with Crippen LogP contribution in [0.15, 0.2) is 0 Å². The Labute approximate surface area is 272 Å². The first kappa shape index (κ1) is 42.6. The van der Waals surface area contributed by atoms with Gasteiger partial charge >= 0.3 is 13.9 Å². The van der Waals surface area contributed by atoms with Crippen molar-refractivity contribution in [2.24, 2.45) is 0 Å². The maximum Gasteiger partial charge on any atom is 0.312 e. The summed E-state index contributed by atoms with van der Waals surface area (Å²) in [4.78, 5) is 12.5. The van der Waals surface area contributed by atoms with E-state index in [-0.39, 0.29) is 5.59 Å². The van der Waals surface area contributed by atoms with Crippen molar-refractivity contribution in [3.63, 3.8) is 0 Å². The zero-order valence-corrected chi connectivity index (χ0v) is 31.3. The van der Waals surface area contributed by atoms with Gasteiger partial charge in [-0.05, 0) is 25.9 Å². The molecule has 43 heavy (non-hydrogen) atoms. The van der Waals surface area contributed by atoms with Crippen LogP contribution in [-0.4, -0.2) is 27.1 Å². The van der Waals surface area contributed by atoms with Gasteiger partial charge in [0.15, 0.2) is 0 Å². The summed E-state index contributed by atoms with van der Waals surface area (Å²) in [6.45, 7) is 9.85. The van der Waals surface area contributed by atoms with Crippen molar-refractivity contribution in [1.82, 2.24) is 0 Å². The summed E-state index contributed by atoms with van der Waals surface area (Å²) in [5, 5.41) is 0. The maximum atomic E-state index is 12.5. The zero-order valence-electron chi connectivity index (χ0n) is 30.3. The average Bonchev–Trinajstić information content (AvgIpc) is 3.00. The molecular weight excluding hydrogens is 545 g/mol. The third-order valence-corrected chi connectivity index (χ3v) is 11.2. The highest BCUT2D eigenvalue weighted by Gasteiger charge is 2.34. The number of ether oxygens (including phenoxy) is 1. The van der Waals surface area contributed by atoms with Crippen molar-refractivity contribution in [1.29, 1.82) is 0 Å². The standard InChI is InChI=1S/C39H80O3Si/c1-5-7-9-11-13-15-17-19-21-23-25-27-29-31-33-35-37-41-39(40)43(3,4)42-38-36-34-32-30-28-26-24-22-20-18-16-14-12-10-8-6-2/h5-38H2,1-4H3. The molecule has 0 N–H and O–H groups in total. The highest BCUT2D eigenvalue weighted by molar-refractivity contribution is 6.98. The normalized spacial score (nSPS) is 11.8. The zero-order chi connectivity index (χ0) is 31.5. The second kappa shape index (κ2) is 34.5. The van der Waals surface area contributed by atoms with Gasteiger partial charge in [0, 0.05) is 6.61 Å². The van der Waals surface area contributed by atoms with Crippen LogP contribution in [0.2, 0.25) is 13.1 Å². The molecule has 0 aliphatic heterocycles. The molecular formula is C39H80O3Si. The molecule has 0 aliphatic carbocycles. The fraction of sp³-hybridized carbons (Fsp3) is 0.974. The highest BCUT2D eigenvalue weighted by Crippen LogP contribution is 2.16. The smallest absolute Gasteiger partial charge is 0.312 e. The Bertz CT molecular complexity index is 551. The van der Waals surface area contributed by atoms with Crippen molar-refractivity contribution in [3.05, 3.63) is 0 Å². The fourth-order valence-corrected chi connectivity index (χ4v) is 7.25. The van der Waals surface area contributed by atoms with Gasteiger partial charge in [-0.2, -0.15) is 0 Å². The van der Waals surface area contributed by atoms with E-state index in [0.29, 0.717) is 13.2 Å². The van der Waals surface area contributed by atoms with Crippen LogP contribution in [0, 0.1) is 0 Å². The second-order valence-corrected chi connectivity index (χ2v) is 17.8. The van der Waals surface area contributed by atoms with E-state index in [1.54, 1.807) is 0 Å². The molecule has 0 aliphatic rings. The molecule has 0 saturated heterocycles. The monoisotopic (exact) mass is 625 g/mol. The minimum absolute atomic E-state index is 0.0649. The van der Waals surface area contributed by atoms with Gasteiger partial charge in [-0.1, -0.05) is 206 Å². The summed E-state index contributed by atoms with van der Waals surface area (Å²) in [5.74, 6) is 0. The summed E-state index contributed by atoms with van der Waals surface area (Å²) < 4.78 is 11.7. The van der Waals surface area contributed by atoms with Gasteiger partial charge in [0.25, 0.3) is 0 Å². The van der Waals surface area contributed by atoms with Crippen LogP contribution in [0.25, 0.3) is 0 Å². The third kappa shape index (κ3) is 32.8. The van der Waals surface area contributed by atoms with Gasteiger partial charge in [0.05, 0.1) is 6.61 Å². The van der Waals surface area contributed by atoms with E-state index >= 15 is 0 Å². The molecule has 0 bridgehead atoms. The van der Waals surface area contributed by atoms with Crippen LogP contribution in [0.3, 0.4) is 0 Å². The van der Waals surface area contributed by atoms with Crippen LogP contribution < -0.4 is 0 Å². The minimum Gasteiger partial charge on any atom is -0.468 e. The molecule has 0 fully saturated rings. The first-order valence-corrected chi connectivity index (χ1v) is 22.8. The molecule has 0 amide bonds. The van der Waals surface area contributed by atoms with Crippen LogP contribution in [0.4, 0.5) is 4.79 Å². The molecule has 0 radical (unpaired) electrons. The molecule has 258 valence electrons. The third-order valence-electron chi connectivity index (χ3n) is 9.18. The maximum absolute atomic E-state index is 12.5. The molecule has 3 nitrogen and oxygen atoms in total. The molecule has 0 saturated carbocycles. The number of carbonyl (C=O) groups excluding carboxylic acids is 1.